The summed E-state index contributed by atoms with van der Waals surface area (Å²) < 4.78 is 19.3. The van der Waals surface area contributed by atoms with Crippen molar-refractivity contribution in [2.24, 2.45) is 7.05 Å². The standard InChI is InChI=1S/C23H22Cl2N2O3/c1-15(2)22-16(3)26-27(4)23(22)30-20-11-9-19(10-12-20)29-18-7-5-17(6-8-18)28-14-13-21(24)25/h5-13H,1,14H2,2-4H3. The van der Waals surface area contributed by atoms with Crippen LogP contribution in [0.4, 0.5) is 0 Å². The number of aryl methyl sites for hydroxylation is 2. The van der Waals surface area contributed by atoms with E-state index in [0.29, 0.717) is 35.5 Å². The maximum atomic E-state index is 6.04. The molecule has 0 unspecified atom stereocenters. The Balaban J connectivity index is 1.64. The lowest BCUT2D eigenvalue weighted by Gasteiger charge is -2.10. The minimum absolute atomic E-state index is 0.178. The molecule has 0 fully saturated rings. The smallest absolute Gasteiger partial charge is 0.225 e. The van der Waals surface area contributed by atoms with Crippen molar-refractivity contribution in [3.05, 3.63) is 76.9 Å². The molecule has 0 atom stereocenters. The molecule has 0 spiro atoms. The third-order valence-corrected chi connectivity index (χ3v) is 4.49. The van der Waals surface area contributed by atoms with Gasteiger partial charge in [0.1, 0.15) is 34.1 Å². The Labute approximate surface area is 186 Å². The van der Waals surface area contributed by atoms with Gasteiger partial charge in [0.2, 0.25) is 5.88 Å². The largest absolute Gasteiger partial charge is 0.489 e. The van der Waals surface area contributed by atoms with Gasteiger partial charge in [0, 0.05) is 7.05 Å². The molecule has 7 heteroatoms. The summed E-state index contributed by atoms with van der Waals surface area (Å²) in [5.74, 6) is 3.41. The number of ether oxygens (including phenoxy) is 3. The number of hydrogen-bond acceptors (Lipinski definition) is 4. The fourth-order valence-electron chi connectivity index (χ4n) is 2.87. The maximum Gasteiger partial charge on any atom is 0.225 e. The van der Waals surface area contributed by atoms with E-state index in [1.807, 2.05) is 69.4 Å². The summed E-state index contributed by atoms with van der Waals surface area (Å²) in [5.41, 5.74) is 2.71. The Bertz CT molecular complexity index is 1050. The summed E-state index contributed by atoms with van der Waals surface area (Å²) in [4.78, 5) is 0. The molecular formula is C23H22Cl2N2O3. The van der Waals surface area contributed by atoms with Crippen LogP contribution in [-0.4, -0.2) is 16.4 Å². The summed E-state index contributed by atoms with van der Waals surface area (Å²) in [6.07, 6.45) is 1.57. The van der Waals surface area contributed by atoms with Crippen LogP contribution >= 0.6 is 23.2 Å². The Hall–Kier alpha value is -2.89. The van der Waals surface area contributed by atoms with Crippen molar-refractivity contribution in [3.8, 4) is 28.9 Å². The van der Waals surface area contributed by atoms with Crippen molar-refractivity contribution in [2.75, 3.05) is 6.61 Å². The molecule has 0 N–H and O–H groups in total. The lowest BCUT2D eigenvalue weighted by molar-refractivity contribution is 0.362. The van der Waals surface area contributed by atoms with Crippen LogP contribution in [0, 0.1) is 6.92 Å². The fourth-order valence-corrected chi connectivity index (χ4v) is 3.00. The predicted octanol–water partition coefficient (Wildman–Crippen LogP) is 7.04. The van der Waals surface area contributed by atoms with Crippen LogP contribution in [-0.2, 0) is 7.05 Å². The van der Waals surface area contributed by atoms with Gasteiger partial charge in [0.05, 0.1) is 11.3 Å². The van der Waals surface area contributed by atoms with Gasteiger partial charge in [-0.25, -0.2) is 4.68 Å². The van der Waals surface area contributed by atoms with Crippen LogP contribution in [0.25, 0.3) is 5.57 Å². The van der Waals surface area contributed by atoms with Crippen molar-refractivity contribution in [2.45, 2.75) is 13.8 Å². The zero-order valence-electron chi connectivity index (χ0n) is 17.0. The number of nitrogens with zero attached hydrogens (tertiary/aromatic N) is 2. The summed E-state index contributed by atoms with van der Waals surface area (Å²) in [6, 6.07) is 14.7. The second-order valence-corrected chi connectivity index (χ2v) is 7.63. The fraction of sp³-hybridized carbons (Fsp3) is 0.174. The molecule has 30 heavy (non-hydrogen) atoms. The van der Waals surface area contributed by atoms with Gasteiger partial charge in [0.15, 0.2) is 0 Å². The Kier molecular flexibility index (Phi) is 7.08. The van der Waals surface area contributed by atoms with Gasteiger partial charge in [-0.15, -0.1) is 0 Å². The SMILES string of the molecule is C=C(C)c1c(C)nn(C)c1Oc1ccc(Oc2ccc(OCC=C(Cl)Cl)cc2)cc1. The van der Waals surface area contributed by atoms with E-state index in [1.165, 1.54) is 0 Å². The average molecular weight is 445 g/mol. The molecule has 2 aromatic carbocycles. The molecule has 5 nitrogen and oxygen atoms in total. The van der Waals surface area contributed by atoms with E-state index in [2.05, 4.69) is 11.7 Å². The van der Waals surface area contributed by atoms with Crippen LogP contribution < -0.4 is 14.2 Å². The number of rotatable bonds is 8. The zero-order valence-corrected chi connectivity index (χ0v) is 18.5. The van der Waals surface area contributed by atoms with E-state index in [-0.39, 0.29) is 4.49 Å². The number of allylic oxidation sites excluding steroid dienone is 1. The van der Waals surface area contributed by atoms with Crippen molar-refractivity contribution in [3.63, 3.8) is 0 Å². The average Bonchev–Trinajstić information content (AvgIpc) is 2.97. The first-order valence-electron chi connectivity index (χ1n) is 9.22. The molecule has 3 aromatic rings. The molecule has 0 saturated carbocycles. The van der Waals surface area contributed by atoms with E-state index in [1.54, 1.807) is 10.8 Å². The Morgan fingerprint density at radius 2 is 1.47 bits per heavy atom. The van der Waals surface area contributed by atoms with E-state index in [9.17, 15) is 0 Å². The number of hydrogen-bond donors (Lipinski definition) is 0. The third kappa shape index (κ3) is 5.59. The van der Waals surface area contributed by atoms with E-state index < -0.39 is 0 Å². The molecule has 3 rings (SSSR count). The highest BCUT2D eigenvalue weighted by Crippen LogP contribution is 2.33. The van der Waals surface area contributed by atoms with Crippen molar-refractivity contribution >= 4 is 28.8 Å². The molecule has 0 aliphatic carbocycles. The molecule has 0 saturated heterocycles. The number of halogens is 2. The summed E-state index contributed by atoms with van der Waals surface area (Å²) in [5, 5.41) is 4.42. The first-order chi connectivity index (χ1) is 14.3. The molecule has 156 valence electrons. The second-order valence-electron chi connectivity index (χ2n) is 6.62. The number of aromatic nitrogens is 2. The van der Waals surface area contributed by atoms with Gasteiger partial charge in [-0.3, -0.25) is 0 Å². The highest BCUT2D eigenvalue weighted by atomic mass is 35.5. The molecule has 0 aliphatic rings. The van der Waals surface area contributed by atoms with Crippen LogP contribution in [0.3, 0.4) is 0 Å². The van der Waals surface area contributed by atoms with Gasteiger partial charge < -0.3 is 14.2 Å². The Morgan fingerprint density at radius 1 is 0.967 bits per heavy atom. The van der Waals surface area contributed by atoms with Crippen molar-refractivity contribution in [1.82, 2.24) is 9.78 Å². The third-order valence-electron chi connectivity index (χ3n) is 4.18. The molecule has 0 amide bonds. The summed E-state index contributed by atoms with van der Waals surface area (Å²) in [6.45, 7) is 8.19. The first-order valence-corrected chi connectivity index (χ1v) is 9.98. The van der Waals surface area contributed by atoms with Gasteiger partial charge in [-0.05, 0) is 74.0 Å². The molecule has 0 radical (unpaired) electrons. The Morgan fingerprint density at radius 3 is 1.97 bits per heavy atom. The van der Waals surface area contributed by atoms with Crippen LogP contribution in [0.1, 0.15) is 18.2 Å². The van der Waals surface area contributed by atoms with Gasteiger partial charge in [-0.2, -0.15) is 5.10 Å². The van der Waals surface area contributed by atoms with Gasteiger partial charge >= 0.3 is 0 Å². The molecule has 0 bridgehead atoms. The normalized spacial score (nSPS) is 10.4. The predicted molar refractivity (Wildman–Crippen MR) is 121 cm³/mol. The molecule has 1 aromatic heterocycles. The molecule has 1 heterocycles. The molecular weight excluding hydrogens is 423 g/mol. The quantitative estimate of drug-likeness (QED) is 0.373. The highest BCUT2D eigenvalue weighted by molar-refractivity contribution is 6.55. The first kappa shape index (κ1) is 21.8. The van der Waals surface area contributed by atoms with Gasteiger partial charge in [0.25, 0.3) is 0 Å². The monoisotopic (exact) mass is 444 g/mol. The minimum Gasteiger partial charge on any atom is -0.489 e. The van der Waals surface area contributed by atoms with E-state index >= 15 is 0 Å². The lowest BCUT2D eigenvalue weighted by atomic mass is 10.1. The van der Waals surface area contributed by atoms with Crippen LogP contribution in [0.2, 0.25) is 0 Å². The summed E-state index contributed by atoms with van der Waals surface area (Å²) >= 11 is 11.1. The van der Waals surface area contributed by atoms with Gasteiger partial charge in [-0.1, -0.05) is 29.8 Å². The van der Waals surface area contributed by atoms with Crippen molar-refractivity contribution < 1.29 is 14.2 Å². The topological polar surface area (TPSA) is 45.5 Å². The lowest BCUT2D eigenvalue weighted by Crippen LogP contribution is -1.96. The summed E-state index contributed by atoms with van der Waals surface area (Å²) in [7, 11) is 1.85. The maximum absolute atomic E-state index is 6.04. The van der Waals surface area contributed by atoms with Crippen LogP contribution in [0.5, 0.6) is 28.9 Å². The minimum atomic E-state index is 0.178. The van der Waals surface area contributed by atoms with Crippen LogP contribution in [0.15, 0.2) is 65.7 Å². The zero-order chi connectivity index (χ0) is 21.7. The second kappa shape index (κ2) is 9.74. The number of benzene rings is 2. The van der Waals surface area contributed by atoms with E-state index in [4.69, 9.17) is 37.4 Å². The molecule has 0 aliphatic heterocycles. The van der Waals surface area contributed by atoms with Crippen molar-refractivity contribution in [1.29, 1.82) is 0 Å². The highest BCUT2D eigenvalue weighted by Gasteiger charge is 2.16. The van der Waals surface area contributed by atoms with E-state index in [0.717, 1.165) is 16.8 Å².